The summed E-state index contributed by atoms with van der Waals surface area (Å²) in [4.78, 5) is 41.7. The number of hydrogen-bond donors (Lipinski definition) is 3. The Hall–Kier alpha value is -8.36. The lowest BCUT2D eigenvalue weighted by molar-refractivity contribution is 0.0597. The second kappa shape index (κ2) is 67.9. The number of ether oxygens (including phenoxy) is 11. The van der Waals surface area contributed by atoms with Crippen LogP contribution in [-0.2, 0) is 151 Å². The predicted octanol–water partition coefficient (Wildman–Crippen LogP) is 21.3. The van der Waals surface area contributed by atoms with E-state index in [9.17, 15) is 0 Å². The molecule has 11 rings (SSSR count). The SMILES string of the molecule is CC(C)OCc1ccc[nH]1.CC(C)OCc1cccn1CCO.CC(C)OCc1cccs1.CC(C)OCc1cncn1CCOCc1ccccc1.CCc1ccc(COC(C)C)cn1.Cc1ncc(COC(C)C)[nH]1.Cc1ncc(COC(C)C)cn1.Cc1ncc(COC(C)C)n1C.Cc1ncc(COC(C)C)s1.[2H]C([2H])(OC(C)C)c1ccc(C)nc1. The molecule has 27 heteroatoms. The molecule has 124 heavy (non-hydrogen) atoms. The average molecular weight is 1760 g/mol. The molecule has 0 saturated heterocycles. The molecule has 690 valence electrons. The van der Waals surface area contributed by atoms with Crippen molar-refractivity contribution in [3.05, 3.63) is 259 Å². The van der Waals surface area contributed by atoms with Crippen LogP contribution < -0.4 is 0 Å². The third-order valence-corrected chi connectivity index (χ3v) is 17.9. The topological polar surface area (TPSA) is 271 Å². The number of aliphatic hydroxyl groups is 1. The van der Waals surface area contributed by atoms with Crippen LogP contribution in [0.1, 0.15) is 242 Å². The van der Waals surface area contributed by atoms with E-state index in [0.717, 1.165) is 93.0 Å². The summed E-state index contributed by atoms with van der Waals surface area (Å²) < 4.78 is 81.2. The first-order valence-corrected chi connectivity index (χ1v) is 44.8. The van der Waals surface area contributed by atoms with Gasteiger partial charge in [0.2, 0.25) is 0 Å². The molecule has 10 heterocycles. The smallest absolute Gasteiger partial charge is 0.125 e. The molecule has 0 spiro atoms. The highest BCUT2D eigenvalue weighted by Crippen LogP contribution is 2.16. The zero-order chi connectivity index (χ0) is 93.8. The lowest BCUT2D eigenvalue weighted by Crippen LogP contribution is -2.11. The van der Waals surface area contributed by atoms with E-state index < -0.39 is 6.56 Å². The van der Waals surface area contributed by atoms with Crippen molar-refractivity contribution in [2.75, 3.05) is 13.2 Å². The summed E-state index contributed by atoms with van der Waals surface area (Å²) >= 11 is 3.43. The Labute approximate surface area is 754 Å². The molecule has 0 unspecified atom stereocenters. The molecular formula is C97H153N13O12S2. The Kier molecular flexibility index (Phi) is 59.1. The fraction of sp³-hybridized carbons (Fsp3) is 0.546. The van der Waals surface area contributed by atoms with Crippen LogP contribution >= 0.6 is 22.7 Å². The van der Waals surface area contributed by atoms with Crippen LogP contribution in [-0.4, -0.2) is 143 Å². The number of aliphatic hydroxyl groups excluding tert-OH is 1. The van der Waals surface area contributed by atoms with E-state index in [1.807, 2.05) is 267 Å². The third-order valence-electron chi connectivity index (χ3n) is 16.2. The molecule has 3 N–H and O–H groups in total. The monoisotopic (exact) mass is 1760 g/mol. The lowest BCUT2D eigenvalue weighted by atomic mass is 10.2. The number of aromatic amines is 2. The predicted molar refractivity (Wildman–Crippen MR) is 502 cm³/mol. The quantitative estimate of drug-likeness (QED) is 0.0303. The van der Waals surface area contributed by atoms with Crippen molar-refractivity contribution in [3.63, 3.8) is 0 Å². The van der Waals surface area contributed by atoms with E-state index in [1.54, 1.807) is 67.2 Å². The number of benzene rings is 1. The van der Waals surface area contributed by atoms with Gasteiger partial charge in [0.25, 0.3) is 0 Å². The highest BCUT2D eigenvalue weighted by Gasteiger charge is 2.09. The molecule has 25 nitrogen and oxygen atoms in total. The molecule has 10 aromatic heterocycles. The van der Waals surface area contributed by atoms with Gasteiger partial charge in [-0.25, -0.2) is 29.9 Å². The Morgan fingerprint density at radius 1 is 0.419 bits per heavy atom. The summed E-state index contributed by atoms with van der Waals surface area (Å²) in [5.74, 6) is 2.76. The molecule has 0 aliphatic carbocycles. The second-order valence-corrected chi connectivity index (χ2v) is 33.7. The van der Waals surface area contributed by atoms with E-state index in [2.05, 4.69) is 97.0 Å². The highest BCUT2D eigenvalue weighted by atomic mass is 32.1. The Balaban J connectivity index is 0.000000477. The Bertz CT molecular complexity index is 4270. The summed E-state index contributed by atoms with van der Waals surface area (Å²) in [6.07, 6.45) is 23.4. The number of thiazole rings is 1. The van der Waals surface area contributed by atoms with Crippen molar-refractivity contribution in [2.24, 2.45) is 7.05 Å². The molecular weight excluding hydrogens is 1600 g/mol. The fourth-order valence-corrected chi connectivity index (χ4v) is 10.6. The minimum Gasteiger partial charge on any atom is -0.395 e. The zero-order valence-electron chi connectivity index (χ0n) is 81.6. The van der Waals surface area contributed by atoms with Crippen molar-refractivity contribution >= 4 is 22.7 Å². The lowest BCUT2D eigenvalue weighted by Gasteiger charge is -2.11. The van der Waals surface area contributed by atoms with Crippen LogP contribution in [0.15, 0.2) is 165 Å². The maximum absolute atomic E-state index is 8.78. The minimum atomic E-state index is -1.76. The molecule has 0 saturated carbocycles. The van der Waals surface area contributed by atoms with Crippen LogP contribution in [0, 0.1) is 34.6 Å². The van der Waals surface area contributed by atoms with Gasteiger partial charge in [-0.15, -0.1) is 22.7 Å². The number of nitrogens with zero attached hydrogens (tertiary/aromatic N) is 11. The zero-order valence-corrected chi connectivity index (χ0v) is 81.3. The molecule has 0 amide bonds. The first-order chi connectivity index (χ1) is 59.9. The van der Waals surface area contributed by atoms with Crippen molar-refractivity contribution in [3.8, 4) is 0 Å². The van der Waals surface area contributed by atoms with Crippen molar-refractivity contribution in [2.45, 2.75) is 333 Å². The number of pyridine rings is 2. The van der Waals surface area contributed by atoms with Gasteiger partial charge in [-0.2, -0.15) is 0 Å². The van der Waals surface area contributed by atoms with E-state index >= 15 is 0 Å². The van der Waals surface area contributed by atoms with Crippen molar-refractivity contribution in [1.82, 2.24) is 63.5 Å². The number of H-pyrrole nitrogens is 2. The average Bonchev–Trinajstić information content (AvgIpc) is 1.30. The maximum atomic E-state index is 8.78. The van der Waals surface area contributed by atoms with Crippen LogP contribution in [0.2, 0.25) is 0 Å². The van der Waals surface area contributed by atoms with Gasteiger partial charge >= 0.3 is 0 Å². The number of hydrogen-bond acceptors (Lipinski definition) is 22. The van der Waals surface area contributed by atoms with E-state index in [0.29, 0.717) is 96.5 Å². The summed E-state index contributed by atoms with van der Waals surface area (Å²) in [5.41, 5.74) is 11.3. The molecule has 0 fully saturated rings. The summed E-state index contributed by atoms with van der Waals surface area (Å²) in [6.45, 7) is 58.9. The molecule has 0 aliphatic rings. The van der Waals surface area contributed by atoms with Crippen LogP contribution in [0.25, 0.3) is 0 Å². The first kappa shape index (κ1) is 108. The van der Waals surface area contributed by atoms with Crippen molar-refractivity contribution < 1.29 is 60.0 Å². The molecule has 0 aliphatic heterocycles. The molecule has 11 aromatic rings. The Morgan fingerprint density at radius 3 is 1.45 bits per heavy atom. The number of thiophene rings is 1. The first-order valence-electron chi connectivity index (χ1n) is 44.1. The van der Waals surface area contributed by atoms with Crippen molar-refractivity contribution in [1.29, 1.82) is 0 Å². The summed E-state index contributed by atoms with van der Waals surface area (Å²) in [7, 11) is 2.00. The normalized spacial score (nSPS) is 11.2. The van der Waals surface area contributed by atoms with Gasteiger partial charge < -0.3 is 80.9 Å². The van der Waals surface area contributed by atoms with E-state index in [4.69, 9.17) is 60.0 Å². The standard InChI is InChI=1S/C16H22N2O2.C11H17NO.C10H17NO2.C10H15NO.C9H16N2O.C9H14N2O.C8H14N2O.C8H13NOS.C8H13NO.C8H12OS/c1-14(2)20-12-16-10-17-13-18(16)8-9-19-11-15-6-4-3-5-7-15;1-4-11-6-5-10(7-12-11)8-13-9(2)3;1-9(2)13-8-10-4-3-5-11(10)6-7-12;1-8(2)12-7-10-5-4-9(3)11-6-10;1-7(2)12-6-9-5-10-8(3)11(9)4;1-7(2)12-6-9-4-10-8(3)11-5-9;1-6(2)11-5-8-4-9-7(3)10-8;1-6(2)10-5-8-4-9-7(3)11-8;1-7(2)10-6-8-4-3-5-9-8;1-7(2)9-6-8-4-3-5-10-8/h3-7,10,13-14H,8-9,11-12H2,1-2H3;5-7,9H,4,8H2,1-3H3;3-5,9,12H,6-8H2,1-2H3;4-6,8H,7H2,1-3H3;5,7H,6H2,1-4H3;4-5,7H,6H2,1-3H3;4,6H,5H2,1-3H3,(H,9,10);4,6H,5H2,1-3H3;3-5,7,9H,6H2,1-2H3;3-5,7H,6H2,1-2H3/i;;;7D2;;;;;;. The fourth-order valence-electron chi connectivity index (χ4n) is 9.31. The van der Waals surface area contributed by atoms with E-state index in [1.165, 1.54) is 21.5 Å². The molecule has 0 bridgehead atoms. The van der Waals surface area contributed by atoms with Gasteiger partial charge in [0.05, 0.1) is 202 Å². The summed E-state index contributed by atoms with van der Waals surface area (Å²) in [5, 5.41) is 12.0. The van der Waals surface area contributed by atoms with Gasteiger partial charge in [0.15, 0.2) is 0 Å². The van der Waals surface area contributed by atoms with E-state index in [-0.39, 0.29) is 49.3 Å². The molecule has 0 radical (unpaired) electrons. The Morgan fingerprint density at radius 2 is 0.960 bits per heavy atom. The second-order valence-electron chi connectivity index (χ2n) is 31.3. The number of aryl methyl sites for hydroxylation is 6. The largest absolute Gasteiger partial charge is 0.395 e. The number of nitrogens with one attached hydrogen (secondary N) is 2. The van der Waals surface area contributed by atoms with Gasteiger partial charge in [0.1, 0.15) is 17.5 Å². The van der Waals surface area contributed by atoms with Crippen LogP contribution in [0.5, 0.6) is 0 Å². The number of aromatic nitrogens is 13. The van der Waals surface area contributed by atoms with Gasteiger partial charge in [0, 0.05) is 96.7 Å². The number of imidazole rings is 3. The van der Waals surface area contributed by atoms with Gasteiger partial charge in [-0.05, 0) is 244 Å². The van der Waals surface area contributed by atoms with Gasteiger partial charge in [-0.3, -0.25) is 9.97 Å². The number of rotatable bonds is 38. The van der Waals surface area contributed by atoms with Crippen LogP contribution in [0.3, 0.4) is 0 Å². The third kappa shape index (κ3) is 58.8. The minimum absolute atomic E-state index is 0.147. The maximum Gasteiger partial charge on any atom is 0.125 e. The van der Waals surface area contributed by atoms with Crippen LogP contribution in [0.4, 0.5) is 0 Å². The molecule has 1 aromatic carbocycles. The highest BCUT2D eigenvalue weighted by molar-refractivity contribution is 7.11. The summed E-state index contributed by atoms with van der Waals surface area (Å²) in [6, 6.07) is 29.9. The molecule has 0 atom stereocenters. The van der Waals surface area contributed by atoms with Gasteiger partial charge in [-0.1, -0.05) is 55.5 Å².